The van der Waals surface area contributed by atoms with Crippen LogP contribution in [0.25, 0.3) is 0 Å². The molecule has 1 unspecified atom stereocenters. The van der Waals surface area contributed by atoms with Crippen LogP contribution in [0.2, 0.25) is 0 Å². The van der Waals surface area contributed by atoms with E-state index >= 15 is 0 Å². The second-order valence-corrected chi connectivity index (χ2v) is 5.55. The maximum absolute atomic E-state index is 5.71. The Hall–Kier alpha value is -1.26. The van der Waals surface area contributed by atoms with Gasteiger partial charge in [-0.3, -0.25) is 0 Å². The first-order valence-electron chi connectivity index (χ1n) is 6.97. The average molecular weight is 263 g/mol. The highest BCUT2D eigenvalue weighted by Crippen LogP contribution is 2.30. The lowest BCUT2D eigenvalue weighted by molar-refractivity contribution is 0.171. The van der Waals surface area contributed by atoms with E-state index in [-0.39, 0.29) is 5.54 Å². The molecule has 2 aliphatic heterocycles. The lowest BCUT2D eigenvalue weighted by Gasteiger charge is -2.23. The van der Waals surface area contributed by atoms with Crippen molar-refractivity contribution in [2.24, 2.45) is 0 Å². The molecule has 0 bridgehead atoms. The van der Waals surface area contributed by atoms with Crippen LogP contribution in [0.3, 0.4) is 0 Å². The monoisotopic (exact) mass is 263 g/mol. The SMILES string of the molecule is CC1(NCc2ccc3c(c2)OCCCO3)CCOC1. The van der Waals surface area contributed by atoms with Gasteiger partial charge in [-0.15, -0.1) is 0 Å². The molecule has 2 aliphatic rings. The number of hydrogen-bond donors (Lipinski definition) is 1. The Morgan fingerprint density at radius 1 is 1.16 bits per heavy atom. The standard InChI is InChI=1S/C15H21NO3/c1-15(5-8-17-11-15)16-10-12-3-4-13-14(9-12)19-7-2-6-18-13/h3-4,9,16H,2,5-8,10-11H2,1H3. The van der Waals surface area contributed by atoms with Crippen LogP contribution in [-0.4, -0.2) is 32.0 Å². The molecule has 19 heavy (non-hydrogen) atoms. The zero-order valence-corrected chi connectivity index (χ0v) is 11.4. The number of ether oxygens (including phenoxy) is 3. The van der Waals surface area contributed by atoms with Crippen molar-refractivity contribution in [1.82, 2.24) is 5.32 Å². The molecule has 0 amide bonds. The maximum atomic E-state index is 5.71. The predicted octanol–water partition coefficient (Wildman–Crippen LogP) is 2.12. The fraction of sp³-hybridized carbons (Fsp3) is 0.600. The van der Waals surface area contributed by atoms with Gasteiger partial charge in [-0.05, 0) is 31.0 Å². The summed E-state index contributed by atoms with van der Waals surface area (Å²) < 4.78 is 16.8. The molecule has 0 aliphatic carbocycles. The topological polar surface area (TPSA) is 39.7 Å². The van der Waals surface area contributed by atoms with Crippen molar-refractivity contribution in [1.29, 1.82) is 0 Å². The van der Waals surface area contributed by atoms with Crippen molar-refractivity contribution >= 4 is 0 Å². The van der Waals surface area contributed by atoms with Gasteiger partial charge >= 0.3 is 0 Å². The third-order valence-corrected chi connectivity index (χ3v) is 3.75. The highest BCUT2D eigenvalue weighted by molar-refractivity contribution is 5.43. The fourth-order valence-electron chi connectivity index (χ4n) is 2.44. The van der Waals surface area contributed by atoms with Crippen LogP contribution >= 0.6 is 0 Å². The molecule has 0 aromatic heterocycles. The van der Waals surface area contributed by atoms with Crippen molar-refractivity contribution in [3.63, 3.8) is 0 Å². The second kappa shape index (κ2) is 5.39. The van der Waals surface area contributed by atoms with E-state index in [1.54, 1.807) is 0 Å². The van der Waals surface area contributed by atoms with E-state index in [4.69, 9.17) is 14.2 Å². The van der Waals surface area contributed by atoms with Crippen LogP contribution in [0.15, 0.2) is 18.2 Å². The second-order valence-electron chi connectivity index (χ2n) is 5.55. The normalized spacial score (nSPS) is 26.2. The molecule has 1 aromatic carbocycles. The minimum Gasteiger partial charge on any atom is -0.490 e. The summed E-state index contributed by atoms with van der Waals surface area (Å²) in [4.78, 5) is 0. The summed E-state index contributed by atoms with van der Waals surface area (Å²) in [5.41, 5.74) is 1.32. The Morgan fingerprint density at radius 2 is 2.00 bits per heavy atom. The predicted molar refractivity (Wildman–Crippen MR) is 72.7 cm³/mol. The number of benzene rings is 1. The molecule has 0 radical (unpaired) electrons. The molecule has 3 rings (SSSR count). The third kappa shape index (κ3) is 3.01. The molecule has 1 aromatic rings. The van der Waals surface area contributed by atoms with Crippen LogP contribution in [-0.2, 0) is 11.3 Å². The maximum Gasteiger partial charge on any atom is 0.161 e. The quantitative estimate of drug-likeness (QED) is 0.906. The van der Waals surface area contributed by atoms with E-state index in [9.17, 15) is 0 Å². The molecule has 104 valence electrons. The van der Waals surface area contributed by atoms with E-state index in [1.807, 2.05) is 6.07 Å². The summed E-state index contributed by atoms with van der Waals surface area (Å²) >= 11 is 0. The van der Waals surface area contributed by atoms with Crippen LogP contribution in [0.4, 0.5) is 0 Å². The van der Waals surface area contributed by atoms with Gasteiger partial charge in [0.25, 0.3) is 0 Å². The molecule has 1 N–H and O–H groups in total. The van der Waals surface area contributed by atoms with Crippen molar-refractivity contribution < 1.29 is 14.2 Å². The minimum absolute atomic E-state index is 0.101. The Kier molecular flexibility index (Phi) is 3.62. The fourth-order valence-corrected chi connectivity index (χ4v) is 2.44. The first kappa shape index (κ1) is 12.8. The van der Waals surface area contributed by atoms with E-state index < -0.39 is 0 Å². The van der Waals surface area contributed by atoms with E-state index in [1.165, 1.54) is 5.56 Å². The molecule has 4 nitrogen and oxygen atoms in total. The van der Waals surface area contributed by atoms with Crippen molar-refractivity contribution in [3.8, 4) is 11.5 Å². The van der Waals surface area contributed by atoms with Gasteiger partial charge in [-0.25, -0.2) is 0 Å². The van der Waals surface area contributed by atoms with Crippen LogP contribution in [0.1, 0.15) is 25.3 Å². The molecule has 0 saturated carbocycles. The Bertz CT molecular complexity index is 441. The molecule has 1 saturated heterocycles. The number of hydrogen-bond acceptors (Lipinski definition) is 4. The molecule has 1 fully saturated rings. The lowest BCUT2D eigenvalue weighted by atomic mass is 10.0. The first-order chi connectivity index (χ1) is 9.25. The lowest BCUT2D eigenvalue weighted by Crippen LogP contribution is -2.42. The number of nitrogens with one attached hydrogen (secondary N) is 1. The Morgan fingerprint density at radius 3 is 2.79 bits per heavy atom. The Labute approximate surface area is 114 Å². The summed E-state index contributed by atoms with van der Waals surface area (Å²) in [7, 11) is 0. The smallest absolute Gasteiger partial charge is 0.161 e. The molecule has 4 heteroatoms. The van der Waals surface area contributed by atoms with Crippen molar-refractivity contribution in [2.45, 2.75) is 31.8 Å². The van der Waals surface area contributed by atoms with Gasteiger partial charge in [-0.2, -0.15) is 0 Å². The molecule has 1 atom stereocenters. The van der Waals surface area contributed by atoms with Gasteiger partial charge in [-0.1, -0.05) is 6.07 Å². The number of rotatable bonds is 3. The summed E-state index contributed by atoms with van der Waals surface area (Å²) in [6, 6.07) is 6.18. The zero-order chi connectivity index (χ0) is 13.1. The summed E-state index contributed by atoms with van der Waals surface area (Å²) in [5.74, 6) is 1.72. The zero-order valence-electron chi connectivity index (χ0n) is 11.4. The Balaban J connectivity index is 1.66. The third-order valence-electron chi connectivity index (χ3n) is 3.75. The van der Waals surface area contributed by atoms with Gasteiger partial charge in [0.2, 0.25) is 0 Å². The van der Waals surface area contributed by atoms with Gasteiger partial charge in [0.1, 0.15) is 0 Å². The molecule has 2 heterocycles. The summed E-state index contributed by atoms with van der Waals surface area (Å²) in [5, 5.41) is 3.58. The first-order valence-corrected chi connectivity index (χ1v) is 6.97. The highest BCUT2D eigenvalue weighted by atomic mass is 16.5. The van der Waals surface area contributed by atoms with Gasteiger partial charge in [0.05, 0.1) is 19.8 Å². The summed E-state index contributed by atoms with van der Waals surface area (Å²) in [6.07, 6.45) is 2.01. The average Bonchev–Trinajstić information content (AvgIpc) is 2.72. The molecular formula is C15H21NO3. The van der Waals surface area contributed by atoms with Gasteiger partial charge in [0.15, 0.2) is 11.5 Å². The number of fused-ring (bicyclic) bond motifs is 1. The van der Waals surface area contributed by atoms with E-state index in [0.29, 0.717) is 0 Å². The van der Waals surface area contributed by atoms with E-state index in [2.05, 4.69) is 24.4 Å². The van der Waals surface area contributed by atoms with Crippen LogP contribution < -0.4 is 14.8 Å². The van der Waals surface area contributed by atoms with Crippen LogP contribution in [0.5, 0.6) is 11.5 Å². The van der Waals surface area contributed by atoms with Crippen molar-refractivity contribution in [3.05, 3.63) is 23.8 Å². The van der Waals surface area contributed by atoms with E-state index in [0.717, 1.165) is 57.3 Å². The van der Waals surface area contributed by atoms with Gasteiger partial charge in [0, 0.05) is 25.1 Å². The highest BCUT2D eigenvalue weighted by Gasteiger charge is 2.28. The molecule has 0 spiro atoms. The minimum atomic E-state index is 0.101. The van der Waals surface area contributed by atoms with Crippen molar-refractivity contribution in [2.75, 3.05) is 26.4 Å². The summed E-state index contributed by atoms with van der Waals surface area (Å²) in [6.45, 7) is 6.15. The van der Waals surface area contributed by atoms with Gasteiger partial charge < -0.3 is 19.5 Å². The molecular weight excluding hydrogens is 242 g/mol. The largest absolute Gasteiger partial charge is 0.490 e. The van der Waals surface area contributed by atoms with Crippen LogP contribution in [0, 0.1) is 0 Å².